The normalized spacial score (nSPS) is 14.4. The highest BCUT2D eigenvalue weighted by molar-refractivity contribution is 7.45. The summed E-state index contributed by atoms with van der Waals surface area (Å²) in [6.07, 6.45) is 66.5. The maximum absolute atomic E-state index is 12.8. The van der Waals surface area contributed by atoms with Crippen molar-refractivity contribution in [1.82, 2.24) is 5.32 Å². The standard InChI is InChI=1S/C58H109N2O6P/c1-6-8-10-12-13-14-15-16-17-18-19-20-21-22-23-24-25-26-27-28-29-30-31-32-33-34-35-36-37-38-39-40-41-42-43-44-45-46-47-48-50-52-58(62)59-56(57(61)51-49-11-9-7-2)55-66-67(63,64)65-54-53-60(3,4)5/h8,10,13-14,16-17,19-20,22-23,56-57,61H,6-7,9,11-12,15,18,21,24-55H2,1-5H3,(H-,59,62,63,64)/b10-8-,14-13-,17-16-,20-19-,23-22-. The monoisotopic (exact) mass is 961 g/mol. The minimum atomic E-state index is -4.55. The molecular formula is C58H109N2O6P. The minimum Gasteiger partial charge on any atom is -0.756 e. The lowest BCUT2D eigenvalue weighted by atomic mass is 10.0. The van der Waals surface area contributed by atoms with Gasteiger partial charge in [-0.15, -0.1) is 0 Å². The summed E-state index contributed by atoms with van der Waals surface area (Å²) in [5, 5.41) is 13.7. The van der Waals surface area contributed by atoms with Crippen LogP contribution in [0, 0.1) is 0 Å². The van der Waals surface area contributed by atoms with Gasteiger partial charge in [0.1, 0.15) is 13.2 Å². The number of likely N-dealkylation sites (N-methyl/N-ethyl adjacent to an activating group) is 1. The fraction of sp³-hybridized carbons (Fsp3) is 0.810. The van der Waals surface area contributed by atoms with Crippen molar-refractivity contribution in [3.05, 3.63) is 60.8 Å². The number of phosphoric acid groups is 1. The van der Waals surface area contributed by atoms with Crippen LogP contribution in [-0.4, -0.2) is 68.5 Å². The Labute approximate surface area is 415 Å². The molecule has 0 aliphatic carbocycles. The van der Waals surface area contributed by atoms with Crippen LogP contribution in [0.15, 0.2) is 60.8 Å². The second-order valence-electron chi connectivity index (χ2n) is 20.3. The average molecular weight is 961 g/mol. The van der Waals surface area contributed by atoms with Crippen LogP contribution in [0.25, 0.3) is 0 Å². The van der Waals surface area contributed by atoms with E-state index in [9.17, 15) is 19.4 Å². The molecule has 0 fully saturated rings. The second-order valence-corrected chi connectivity index (χ2v) is 21.7. The van der Waals surface area contributed by atoms with Crippen molar-refractivity contribution in [2.45, 2.75) is 264 Å². The molecule has 0 radical (unpaired) electrons. The Morgan fingerprint density at radius 1 is 0.537 bits per heavy atom. The van der Waals surface area contributed by atoms with E-state index in [-0.39, 0.29) is 19.1 Å². The summed E-state index contributed by atoms with van der Waals surface area (Å²) in [6.45, 7) is 4.49. The lowest BCUT2D eigenvalue weighted by Gasteiger charge is -2.30. The van der Waals surface area contributed by atoms with Gasteiger partial charge in [-0.05, 0) is 57.8 Å². The van der Waals surface area contributed by atoms with Crippen LogP contribution >= 0.6 is 7.82 Å². The summed E-state index contributed by atoms with van der Waals surface area (Å²) in [5.41, 5.74) is 0. The molecule has 0 rings (SSSR count). The maximum Gasteiger partial charge on any atom is 0.268 e. The van der Waals surface area contributed by atoms with Crippen molar-refractivity contribution in [2.75, 3.05) is 40.9 Å². The molecule has 392 valence electrons. The van der Waals surface area contributed by atoms with Crippen LogP contribution < -0.4 is 10.2 Å². The highest BCUT2D eigenvalue weighted by Gasteiger charge is 2.24. The molecule has 9 heteroatoms. The van der Waals surface area contributed by atoms with Gasteiger partial charge >= 0.3 is 0 Å². The smallest absolute Gasteiger partial charge is 0.268 e. The fourth-order valence-electron chi connectivity index (χ4n) is 8.13. The SMILES string of the molecule is CC/C=C\C/C=C\C/C=C\C/C=C\C/C=C\CCCCCCCCCCCCCCCCCCCCCCCCCCCC(=O)NC(COP(=O)([O-])OCC[N+](C)(C)C)C(O)CCCCCC. The van der Waals surface area contributed by atoms with Crippen LogP contribution in [-0.2, 0) is 18.4 Å². The van der Waals surface area contributed by atoms with E-state index in [2.05, 4.69) is 79.9 Å². The molecule has 3 atom stereocenters. The Balaban J connectivity index is 3.63. The number of aliphatic hydroxyl groups excluding tert-OH is 1. The number of hydrogen-bond donors (Lipinski definition) is 2. The summed E-state index contributed by atoms with van der Waals surface area (Å²) >= 11 is 0. The molecule has 0 spiro atoms. The molecule has 0 bridgehead atoms. The molecule has 0 aromatic heterocycles. The Kier molecular flexibility index (Phi) is 47.9. The number of nitrogens with zero attached hydrogens (tertiary/aromatic N) is 1. The number of allylic oxidation sites excluding steroid dienone is 10. The Bertz CT molecular complexity index is 1270. The molecule has 8 nitrogen and oxygen atoms in total. The zero-order valence-corrected chi connectivity index (χ0v) is 45.5. The van der Waals surface area contributed by atoms with Gasteiger partial charge in [0, 0.05) is 6.42 Å². The third-order valence-corrected chi connectivity index (χ3v) is 13.5. The first kappa shape index (κ1) is 65.2. The van der Waals surface area contributed by atoms with Crippen molar-refractivity contribution in [3.8, 4) is 0 Å². The number of quaternary nitrogens is 1. The summed E-state index contributed by atoms with van der Waals surface area (Å²) in [7, 11) is 1.30. The number of hydrogen-bond acceptors (Lipinski definition) is 6. The molecule has 0 aromatic carbocycles. The van der Waals surface area contributed by atoms with Crippen LogP contribution in [0.3, 0.4) is 0 Å². The molecule has 0 saturated heterocycles. The van der Waals surface area contributed by atoms with Crippen LogP contribution in [0.1, 0.15) is 251 Å². The molecule has 67 heavy (non-hydrogen) atoms. The van der Waals surface area contributed by atoms with Gasteiger partial charge < -0.3 is 28.8 Å². The van der Waals surface area contributed by atoms with Crippen molar-refractivity contribution >= 4 is 13.7 Å². The Hall–Kier alpha value is -1.80. The molecule has 0 heterocycles. The van der Waals surface area contributed by atoms with E-state index < -0.39 is 20.0 Å². The lowest BCUT2D eigenvalue weighted by molar-refractivity contribution is -0.870. The number of nitrogens with one attached hydrogen (secondary N) is 1. The van der Waals surface area contributed by atoms with Crippen molar-refractivity contribution in [3.63, 3.8) is 0 Å². The second kappa shape index (κ2) is 49.2. The molecule has 2 N–H and O–H groups in total. The fourth-order valence-corrected chi connectivity index (χ4v) is 8.85. The number of aliphatic hydroxyl groups is 1. The van der Waals surface area contributed by atoms with Gasteiger partial charge in [-0.25, -0.2) is 0 Å². The number of amides is 1. The average Bonchev–Trinajstić information content (AvgIpc) is 3.29. The van der Waals surface area contributed by atoms with Crippen LogP contribution in [0.5, 0.6) is 0 Å². The molecule has 0 saturated carbocycles. The van der Waals surface area contributed by atoms with Gasteiger partial charge in [-0.3, -0.25) is 9.36 Å². The van der Waals surface area contributed by atoms with Gasteiger partial charge in [-0.2, -0.15) is 0 Å². The van der Waals surface area contributed by atoms with E-state index in [1.165, 1.54) is 148 Å². The summed E-state index contributed by atoms with van der Waals surface area (Å²) < 4.78 is 23.1. The first-order chi connectivity index (χ1) is 32.5. The topological polar surface area (TPSA) is 108 Å². The molecule has 0 aliphatic heterocycles. The Morgan fingerprint density at radius 2 is 0.910 bits per heavy atom. The number of carbonyl (C=O) groups is 1. The van der Waals surface area contributed by atoms with Crippen molar-refractivity contribution in [1.29, 1.82) is 0 Å². The number of rotatable bonds is 51. The maximum atomic E-state index is 12.8. The van der Waals surface area contributed by atoms with Gasteiger partial charge in [-0.1, -0.05) is 248 Å². The van der Waals surface area contributed by atoms with Gasteiger partial charge in [0.15, 0.2) is 0 Å². The molecule has 0 aromatic rings. The lowest BCUT2D eigenvalue weighted by Crippen LogP contribution is -2.46. The molecule has 0 aliphatic rings. The van der Waals surface area contributed by atoms with Crippen molar-refractivity contribution < 1.29 is 32.9 Å². The molecule has 3 unspecified atom stereocenters. The first-order valence-corrected chi connectivity index (χ1v) is 29.6. The van der Waals surface area contributed by atoms with E-state index in [1.54, 1.807) is 0 Å². The van der Waals surface area contributed by atoms with E-state index >= 15 is 0 Å². The Morgan fingerprint density at radius 3 is 1.31 bits per heavy atom. The minimum absolute atomic E-state index is 0.0117. The number of unbranched alkanes of at least 4 members (excludes halogenated alkanes) is 28. The van der Waals surface area contributed by atoms with Gasteiger partial charge in [0.25, 0.3) is 7.82 Å². The van der Waals surface area contributed by atoms with E-state index in [0.29, 0.717) is 23.9 Å². The first-order valence-electron chi connectivity index (χ1n) is 28.1. The van der Waals surface area contributed by atoms with Gasteiger partial charge in [0.05, 0.1) is 39.9 Å². The number of phosphoric ester groups is 1. The van der Waals surface area contributed by atoms with Crippen LogP contribution in [0.2, 0.25) is 0 Å². The number of carbonyl (C=O) groups excluding carboxylic acids is 1. The van der Waals surface area contributed by atoms with E-state index in [0.717, 1.165) is 77.0 Å². The molecule has 1 amide bonds. The van der Waals surface area contributed by atoms with Gasteiger partial charge in [0.2, 0.25) is 5.91 Å². The van der Waals surface area contributed by atoms with E-state index in [1.807, 2.05) is 21.1 Å². The zero-order chi connectivity index (χ0) is 49.2. The van der Waals surface area contributed by atoms with E-state index in [4.69, 9.17) is 9.05 Å². The zero-order valence-electron chi connectivity index (χ0n) is 44.6. The van der Waals surface area contributed by atoms with Crippen LogP contribution in [0.4, 0.5) is 0 Å². The predicted molar refractivity (Wildman–Crippen MR) is 288 cm³/mol. The quantitative estimate of drug-likeness (QED) is 0.0272. The largest absolute Gasteiger partial charge is 0.756 e. The highest BCUT2D eigenvalue weighted by atomic mass is 31.2. The molecular weight excluding hydrogens is 852 g/mol. The highest BCUT2D eigenvalue weighted by Crippen LogP contribution is 2.38. The third kappa shape index (κ3) is 51.9. The predicted octanol–water partition coefficient (Wildman–Crippen LogP) is 16.3. The third-order valence-electron chi connectivity index (χ3n) is 12.5. The summed E-state index contributed by atoms with van der Waals surface area (Å²) in [6, 6.07) is -0.795. The summed E-state index contributed by atoms with van der Waals surface area (Å²) in [4.78, 5) is 25.1. The van der Waals surface area contributed by atoms with Crippen molar-refractivity contribution in [2.24, 2.45) is 0 Å². The summed E-state index contributed by atoms with van der Waals surface area (Å²) in [5.74, 6) is -0.171.